The van der Waals surface area contributed by atoms with Gasteiger partial charge in [-0.05, 0) is 81.2 Å². The first-order chi connectivity index (χ1) is 31.0. The number of nitrogens with one attached hydrogen (secondary N) is 5. The molecule has 0 aliphatic carbocycles. The number of unbranched alkanes of at least 4 members (excludes halogenated alkanes) is 2. The van der Waals surface area contributed by atoms with Crippen molar-refractivity contribution in [3.05, 3.63) is 76.4 Å². The number of hydrogen-bond donors (Lipinski definition) is 8. The third kappa shape index (κ3) is 14.1. The number of imide groups is 1. The number of thiophene rings is 1. The minimum atomic E-state index is -1.23. The molecule has 10 N–H and O–H groups in total. The normalized spacial score (nSPS) is 13.6. The van der Waals surface area contributed by atoms with Crippen LogP contribution in [0.25, 0.3) is 11.2 Å². The number of carbonyl (C=O) groups excluding carboxylic acids is 7. The van der Waals surface area contributed by atoms with E-state index in [2.05, 4.69) is 46.5 Å². The van der Waals surface area contributed by atoms with Gasteiger partial charge in [-0.1, -0.05) is 32.4 Å². The molecular weight excluding hydrogens is 861 g/mol. The molecule has 4 heterocycles. The van der Waals surface area contributed by atoms with Crippen LogP contribution in [0.5, 0.6) is 0 Å². The van der Waals surface area contributed by atoms with Crippen LogP contribution < -0.4 is 38.1 Å². The number of carbonyl (C=O) groups is 8. The maximum absolute atomic E-state index is 13.1. The molecule has 0 spiro atoms. The molecule has 0 bridgehead atoms. The largest absolute Gasteiger partial charge is 0.480 e. The van der Waals surface area contributed by atoms with Crippen molar-refractivity contribution in [3.8, 4) is 0 Å². The molecule has 0 unspecified atom stereocenters. The van der Waals surface area contributed by atoms with Crippen LogP contribution in [-0.2, 0) is 41.6 Å². The second-order valence-corrected chi connectivity index (χ2v) is 16.7. The van der Waals surface area contributed by atoms with Crippen molar-refractivity contribution in [2.75, 3.05) is 29.9 Å². The Bertz CT molecular complexity index is 2440. The minimum Gasteiger partial charge on any atom is -0.480 e. The van der Waals surface area contributed by atoms with E-state index < -0.39 is 47.7 Å². The van der Waals surface area contributed by atoms with Crippen LogP contribution in [0.2, 0.25) is 0 Å². The first kappa shape index (κ1) is 48.7. The highest BCUT2D eigenvalue weighted by molar-refractivity contribution is 7.18. The van der Waals surface area contributed by atoms with E-state index in [1.807, 2.05) is 0 Å². The molecule has 1 aliphatic rings. The minimum absolute atomic E-state index is 0.00709. The van der Waals surface area contributed by atoms with Crippen LogP contribution >= 0.6 is 11.3 Å². The van der Waals surface area contributed by atoms with Crippen molar-refractivity contribution in [1.29, 1.82) is 0 Å². The first-order valence-electron chi connectivity index (χ1n) is 21.0. The number of rotatable bonds is 23. The fourth-order valence-electron chi connectivity index (χ4n) is 6.58. The molecule has 3 aromatic heterocycles. The zero-order valence-corrected chi connectivity index (χ0v) is 36.9. The highest BCUT2D eigenvalue weighted by Crippen LogP contribution is 2.22. The van der Waals surface area contributed by atoms with Crippen LogP contribution in [0.3, 0.4) is 0 Å². The number of carboxylic acids is 1. The molecule has 0 radical (unpaired) electrons. The van der Waals surface area contributed by atoms with Gasteiger partial charge in [-0.15, -0.1) is 11.3 Å². The van der Waals surface area contributed by atoms with Crippen LogP contribution in [0, 0.1) is 5.92 Å². The maximum atomic E-state index is 13.1. The third-order valence-corrected chi connectivity index (χ3v) is 11.2. The number of fused-ring (bicyclic) bond motifs is 1. The molecule has 0 fully saturated rings. The van der Waals surface area contributed by atoms with E-state index in [4.69, 9.17) is 11.5 Å². The molecule has 21 nitrogen and oxygen atoms in total. The zero-order valence-electron chi connectivity index (χ0n) is 36.1. The fraction of sp³-hybridized carbons (Fsp3) is 0.395. The van der Waals surface area contributed by atoms with Gasteiger partial charge in [-0.3, -0.25) is 38.5 Å². The first-order valence-corrected chi connectivity index (χ1v) is 21.8. The number of aryl methyl sites for hydroxylation is 2. The second kappa shape index (κ2) is 22.8. The van der Waals surface area contributed by atoms with Crippen LogP contribution in [0.4, 0.5) is 16.8 Å². The predicted molar refractivity (Wildman–Crippen MR) is 240 cm³/mol. The summed E-state index contributed by atoms with van der Waals surface area (Å²) in [6.45, 7) is 5.38. The number of nitrogen functional groups attached to an aromatic ring is 2. The van der Waals surface area contributed by atoms with E-state index in [0.29, 0.717) is 54.0 Å². The summed E-state index contributed by atoms with van der Waals surface area (Å²) in [7, 11) is 0. The molecule has 0 saturated carbocycles. The van der Waals surface area contributed by atoms with Crippen molar-refractivity contribution in [3.63, 3.8) is 0 Å². The van der Waals surface area contributed by atoms with Crippen molar-refractivity contribution in [2.24, 2.45) is 5.92 Å². The number of aliphatic carboxylic acids is 1. The summed E-state index contributed by atoms with van der Waals surface area (Å²) >= 11 is 1.000. The van der Waals surface area contributed by atoms with Gasteiger partial charge in [-0.2, -0.15) is 9.97 Å². The van der Waals surface area contributed by atoms with E-state index in [9.17, 15) is 43.5 Å². The highest BCUT2D eigenvalue weighted by Gasteiger charge is 2.28. The number of amides is 7. The quantitative estimate of drug-likeness (QED) is 0.0389. The third-order valence-electron chi connectivity index (χ3n) is 10.2. The van der Waals surface area contributed by atoms with Crippen LogP contribution in [-0.4, -0.2) is 108 Å². The molecule has 1 aliphatic heterocycles. The Labute approximate surface area is 377 Å². The molecule has 4 aromatic rings. The van der Waals surface area contributed by atoms with E-state index in [1.54, 1.807) is 44.3 Å². The Balaban J connectivity index is 0.990. The number of hydrogen-bond acceptors (Lipinski definition) is 15. The number of anilines is 3. The summed E-state index contributed by atoms with van der Waals surface area (Å²) in [5.41, 5.74) is 14.0. The lowest BCUT2D eigenvalue weighted by atomic mass is 10.0. The van der Waals surface area contributed by atoms with Gasteiger partial charge in [0.15, 0.2) is 17.0 Å². The lowest BCUT2D eigenvalue weighted by molar-refractivity contribution is -0.139. The van der Waals surface area contributed by atoms with Gasteiger partial charge in [0.2, 0.25) is 23.7 Å². The lowest BCUT2D eigenvalue weighted by Gasteiger charge is -2.23. The number of nitrogens with two attached hydrogens (primary N) is 2. The van der Waals surface area contributed by atoms with Crippen molar-refractivity contribution >= 4 is 86.6 Å². The Morgan fingerprint density at radius 2 is 1.52 bits per heavy atom. The average molecular weight is 913 g/mol. The molecular formula is C43H52N12O9S. The highest BCUT2D eigenvalue weighted by atomic mass is 32.1. The smallest absolute Gasteiger partial charge is 0.326 e. The zero-order chi connectivity index (χ0) is 47.2. The maximum Gasteiger partial charge on any atom is 0.326 e. The Morgan fingerprint density at radius 1 is 0.800 bits per heavy atom. The summed E-state index contributed by atoms with van der Waals surface area (Å²) in [5.74, 6) is -4.54. The van der Waals surface area contributed by atoms with E-state index in [-0.39, 0.29) is 78.2 Å². The van der Waals surface area contributed by atoms with Gasteiger partial charge in [-0.25, -0.2) is 14.8 Å². The van der Waals surface area contributed by atoms with Gasteiger partial charge < -0.3 is 43.2 Å². The summed E-state index contributed by atoms with van der Waals surface area (Å²) < 4.78 is 0. The standard InChI is InChI=1S/C43H52N12O9S/c1-23(2)34(51-30(56)9-5-4-6-21-55-32(57)18-19-33(55)58)41(62)48-24(3)38(59)52-31-17-16-29(65-31)40(61)46-20-7-8-28(42(63)64)50-39(60)26-13-10-25(11-14-26)12-15-27-22-47-37-35(49-27)36(44)53-43(45)54-37/h10-11,13-14,16-19,22-24,28,34H,4-9,12,15,20-21H2,1-3H3,(H,46,61)(H,48,62)(H,50,60)(H,51,56)(H,52,59)(H,63,64)(H4,44,45,47,53,54)/t24-,28-,34-/m0/s1. The van der Waals surface area contributed by atoms with Crippen molar-refractivity contribution in [1.82, 2.24) is 46.1 Å². The predicted octanol–water partition coefficient (Wildman–Crippen LogP) is 1.89. The van der Waals surface area contributed by atoms with Crippen molar-refractivity contribution in [2.45, 2.75) is 90.3 Å². The van der Waals surface area contributed by atoms with E-state index in [0.717, 1.165) is 21.8 Å². The van der Waals surface area contributed by atoms with Gasteiger partial charge >= 0.3 is 5.97 Å². The fourth-order valence-corrected chi connectivity index (χ4v) is 7.41. The molecule has 1 aromatic carbocycles. The summed E-state index contributed by atoms with van der Waals surface area (Å²) in [4.78, 5) is 118. The van der Waals surface area contributed by atoms with Gasteiger partial charge in [0.25, 0.3) is 23.6 Å². The Kier molecular flexibility index (Phi) is 17.1. The molecule has 22 heteroatoms. The molecule has 7 amide bonds. The van der Waals surface area contributed by atoms with Gasteiger partial charge in [0, 0.05) is 37.2 Å². The number of benzene rings is 1. The Morgan fingerprint density at radius 3 is 2.22 bits per heavy atom. The molecule has 344 valence electrons. The Hall–Kier alpha value is -7.36. The summed E-state index contributed by atoms with van der Waals surface area (Å²) in [6.07, 6.45) is 7.15. The molecule has 0 saturated heterocycles. The van der Waals surface area contributed by atoms with Gasteiger partial charge in [0.05, 0.1) is 21.8 Å². The topological polar surface area (TPSA) is 324 Å². The number of aromatic nitrogens is 4. The summed E-state index contributed by atoms with van der Waals surface area (Å²) in [5, 5.41) is 23.4. The van der Waals surface area contributed by atoms with Crippen LogP contribution in [0.1, 0.15) is 90.6 Å². The molecule has 65 heavy (non-hydrogen) atoms. The van der Waals surface area contributed by atoms with E-state index in [1.165, 1.54) is 31.2 Å². The van der Waals surface area contributed by atoms with E-state index >= 15 is 0 Å². The number of nitrogens with zero attached hydrogens (tertiary/aromatic N) is 5. The SMILES string of the molecule is CC(C)[C@H](NC(=O)CCCCCN1C(=O)C=CC1=O)C(=O)N[C@@H](C)C(=O)Nc1ccc(C(=O)NCCC[C@H](NC(=O)c2ccc(CCc3cnc4nc(N)nc(N)c4n3)cc2)C(=O)O)s1. The number of carboxylic acid groups (broad SMARTS) is 1. The molecule has 5 rings (SSSR count). The molecule has 3 atom stereocenters. The monoisotopic (exact) mass is 912 g/mol. The average Bonchev–Trinajstić information content (AvgIpc) is 3.87. The van der Waals surface area contributed by atoms with Crippen molar-refractivity contribution < 1.29 is 43.5 Å². The second-order valence-electron chi connectivity index (χ2n) is 15.6. The van der Waals surface area contributed by atoms with Gasteiger partial charge in [0.1, 0.15) is 18.1 Å². The lowest BCUT2D eigenvalue weighted by Crippen LogP contribution is -2.53. The van der Waals surface area contributed by atoms with Crippen LogP contribution in [0.15, 0.2) is 54.7 Å². The summed E-state index contributed by atoms with van der Waals surface area (Å²) in [6, 6.07) is 6.66.